The predicted molar refractivity (Wildman–Crippen MR) is 82.9 cm³/mol. The highest BCUT2D eigenvalue weighted by Crippen LogP contribution is 2.36. The third-order valence-corrected chi connectivity index (χ3v) is 3.60. The van der Waals surface area contributed by atoms with Crippen LogP contribution >= 0.6 is 11.6 Å². The van der Waals surface area contributed by atoms with Crippen molar-refractivity contribution in [2.45, 2.75) is 12.3 Å². The second-order valence-electron chi connectivity index (χ2n) is 4.63. The molecule has 2 aromatic rings. The molecule has 110 valence electrons. The number of methoxy groups -OCH3 is 2. The van der Waals surface area contributed by atoms with Crippen LogP contribution in [0.3, 0.4) is 0 Å². The Morgan fingerprint density at radius 2 is 1.86 bits per heavy atom. The molecule has 0 saturated heterocycles. The van der Waals surface area contributed by atoms with Crippen LogP contribution in [0.2, 0.25) is 5.02 Å². The monoisotopic (exact) mass is 304 g/mol. The van der Waals surface area contributed by atoms with Crippen molar-refractivity contribution in [3.8, 4) is 5.75 Å². The summed E-state index contributed by atoms with van der Waals surface area (Å²) in [4.78, 5) is 11.8. The van der Waals surface area contributed by atoms with Gasteiger partial charge in [-0.3, -0.25) is 4.79 Å². The van der Waals surface area contributed by atoms with Crippen molar-refractivity contribution in [2.75, 3.05) is 14.2 Å². The van der Waals surface area contributed by atoms with Gasteiger partial charge in [0, 0.05) is 16.5 Å². The number of halogens is 1. The van der Waals surface area contributed by atoms with E-state index in [0.717, 1.165) is 11.1 Å². The number of hydrogen-bond acceptors (Lipinski definition) is 3. The maximum absolute atomic E-state index is 11.8. The van der Waals surface area contributed by atoms with E-state index in [1.165, 1.54) is 7.11 Å². The maximum Gasteiger partial charge on any atom is 0.306 e. The zero-order valence-electron chi connectivity index (χ0n) is 12.0. The maximum atomic E-state index is 11.8. The predicted octanol–water partition coefficient (Wildman–Crippen LogP) is 4.04. The molecule has 1 unspecified atom stereocenters. The van der Waals surface area contributed by atoms with Crippen LogP contribution in [0.5, 0.6) is 5.75 Å². The SMILES string of the molecule is COC(=O)CC(c1ccccc1)c1cc(Cl)ccc1OC. The minimum Gasteiger partial charge on any atom is -0.496 e. The molecular weight excluding hydrogens is 288 g/mol. The molecule has 0 spiro atoms. The molecule has 0 aliphatic rings. The number of carbonyl (C=O) groups excluding carboxylic acids is 1. The first-order chi connectivity index (χ1) is 10.2. The van der Waals surface area contributed by atoms with Crippen molar-refractivity contribution in [3.63, 3.8) is 0 Å². The molecular formula is C17H17ClO3. The van der Waals surface area contributed by atoms with Crippen molar-refractivity contribution < 1.29 is 14.3 Å². The number of hydrogen-bond donors (Lipinski definition) is 0. The molecule has 2 aromatic carbocycles. The number of carbonyl (C=O) groups is 1. The molecule has 3 nitrogen and oxygen atoms in total. The molecule has 2 rings (SSSR count). The molecule has 0 fully saturated rings. The molecule has 0 amide bonds. The van der Waals surface area contributed by atoms with E-state index >= 15 is 0 Å². The van der Waals surface area contributed by atoms with Crippen LogP contribution in [-0.4, -0.2) is 20.2 Å². The number of esters is 1. The Morgan fingerprint density at radius 3 is 2.48 bits per heavy atom. The molecule has 0 saturated carbocycles. The zero-order chi connectivity index (χ0) is 15.2. The van der Waals surface area contributed by atoms with Crippen LogP contribution in [0.1, 0.15) is 23.5 Å². The smallest absolute Gasteiger partial charge is 0.306 e. The highest BCUT2D eigenvalue weighted by atomic mass is 35.5. The lowest BCUT2D eigenvalue weighted by Crippen LogP contribution is -2.11. The summed E-state index contributed by atoms with van der Waals surface area (Å²) in [6, 6.07) is 15.2. The topological polar surface area (TPSA) is 35.5 Å². The van der Waals surface area contributed by atoms with Crippen LogP contribution < -0.4 is 4.74 Å². The van der Waals surface area contributed by atoms with Crippen LogP contribution in [0, 0.1) is 0 Å². The Bertz CT molecular complexity index is 611. The highest BCUT2D eigenvalue weighted by molar-refractivity contribution is 6.30. The van der Waals surface area contributed by atoms with Crippen molar-refractivity contribution in [1.29, 1.82) is 0 Å². The highest BCUT2D eigenvalue weighted by Gasteiger charge is 2.22. The minimum atomic E-state index is -0.272. The van der Waals surface area contributed by atoms with E-state index in [4.69, 9.17) is 21.1 Å². The van der Waals surface area contributed by atoms with Gasteiger partial charge < -0.3 is 9.47 Å². The Balaban J connectivity index is 2.49. The Labute approximate surface area is 129 Å². The molecule has 0 aromatic heterocycles. The van der Waals surface area contributed by atoms with Gasteiger partial charge in [0.05, 0.1) is 20.6 Å². The van der Waals surface area contributed by atoms with Gasteiger partial charge in [-0.1, -0.05) is 41.9 Å². The molecule has 21 heavy (non-hydrogen) atoms. The summed E-state index contributed by atoms with van der Waals surface area (Å²) in [5.41, 5.74) is 1.89. The minimum absolute atomic E-state index is 0.160. The van der Waals surface area contributed by atoms with Crippen LogP contribution in [0.15, 0.2) is 48.5 Å². The molecule has 0 aliphatic carbocycles. The summed E-state index contributed by atoms with van der Waals surface area (Å²) in [5.74, 6) is 0.273. The van der Waals surface area contributed by atoms with E-state index in [2.05, 4.69) is 0 Å². The largest absolute Gasteiger partial charge is 0.496 e. The van der Waals surface area contributed by atoms with E-state index in [0.29, 0.717) is 10.8 Å². The lowest BCUT2D eigenvalue weighted by atomic mass is 9.88. The molecule has 0 heterocycles. The van der Waals surface area contributed by atoms with Crippen molar-refractivity contribution >= 4 is 17.6 Å². The fourth-order valence-electron chi connectivity index (χ4n) is 2.32. The van der Waals surface area contributed by atoms with E-state index in [9.17, 15) is 4.79 Å². The normalized spacial score (nSPS) is 11.8. The standard InChI is InChI=1S/C17H17ClO3/c1-20-16-9-8-13(18)10-15(16)14(11-17(19)21-2)12-6-4-3-5-7-12/h3-10,14H,11H2,1-2H3. The molecule has 1 atom stereocenters. The summed E-state index contributed by atoms with van der Waals surface area (Å²) in [6.07, 6.45) is 0.233. The number of benzene rings is 2. The summed E-state index contributed by atoms with van der Waals surface area (Å²) in [6.45, 7) is 0. The number of ether oxygens (including phenoxy) is 2. The Kier molecular flexibility index (Phi) is 5.23. The van der Waals surface area contributed by atoms with Gasteiger partial charge in [0.1, 0.15) is 5.75 Å². The van der Waals surface area contributed by atoms with Gasteiger partial charge in [0.15, 0.2) is 0 Å². The van der Waals surface area contributed by atoms with Gasteiger partial charge in [-0.25, -0.2) is 0 Å². The van der Waals surface area contributed by atoms with Gasteiger partial charge in [0.25, 0.3) is 0 Å². The van der Waals surface area contributed by atoms with Crippen molar-refractivity contribution in [3.05, 3.63) is 64.7 Å². The summed E-state index contributed by atoms with van der Waals surface area (Å²) < 4.78 is 10.2. The quantitative estimate of drug-likeness (QED) is 0.782. The van der Waals surface area contributed by atoms with Crippen LogP contribution in [0.25, 0.3) is 0 Å². The fourth-order valence-corrected chi connectivity index (χ4v) is 2.50. The van der Waals surface area contributed by atoms with Gasteiger partial charge in [-0.15, -0.1) is 0 Å². The average Bonchev–Trinajstić information content (AvgIpc) is 2.53. The second-order valence-corrected chi connectivity index (χ2v) is 5.07. The van der Waals surface area contributed by atoms with Gasteiger partial charge in [-0.05, 0) is 23.8 Å². The summed E-state index contributed by atoms with van der Waals surface area (Å²) in [5, 5.41) is 0.608. The van der Waals surface area contributed by atoms with Crippen molar-refractivity contribution in [2.24, 2.45) is 0 Å². The molecule has 4 heteroatoms. The zero-order valence-corrected chi connectivity index (χ0v) is 12.8. The molecule has 0 radical (unpaired) electrons. The first kappa shape index (κ1) is 15.4. The average molecular weight is 305 g/mol. The first-order valence-electron chi connectivity index (χ1n) is 6.61. The van der Waals surface area contributed by atoms with Gasteiger partial charge in [-0.2, -0.15) is 0 Å². The second kappa shape index (κ2) is 7.14. The van der Waals surface area contributed by atoms with Crippen molar-refractivity contribution in [1.82, 2.24) is 0 Å². The molecule has 0 N–H and O–H groups in total. The van der Waals surface area contributed by atoms with Gasteiger partial charge in [0.2, 0.25) is 0 Å². The lowest BCUT2D eigenvalue weighted by Gasteiger charge is -2.20. The van der Waals surface area contributed by atoms with Crippen LogP contribution in [0.4, 0.5) is 0 Å². The van der Waals surface area contributed by atoms with Gasteiger partial charge >= 0.3 is 5.97 Å². The van der Waals surface area contributed by atoms with E-state index < -0.39 is 0 Å². The fraction of sp³-hybridized carbons (Fsp3) is 0.235. The van der Waals surface area contributed by atoms with E-state index in [1.807, 2.05) is 42.5 Å². The third-order valence-electron chi connectivity index (χ3n) is 3.37. The summed E-state index contributed by atoms with van der Waals surface area (Å²) >= 11 is 6.10. The lowest BCUT2D eigenvalue weighted by molar-refractivity contribution is -0.140. The summed E-state index contributed by atoms with van der Waals surface area (Å²) in [7, 11) is 2.99. The Morgan fingerprint density at radius 1 is 1.14 bits per heavy atom. The first-order valence-corrected chi connectivity index (χ1v) is 6.98. The molecule has 0 bridgehead atoms. The molecule has 0 aliphatic heterocycles. The van der Waals surface area contributed by atoms with E-state index in [1.54, 1.807) is 13.2 Å². The Hall–Kier alpha value is -2.00. The van der Waals surface area contributed by atoms with Crippen LogP contribution in [-0.2, 0) is 9.53 Å². The van der Waals surface area contributed by atoms with E-state index in [-0.39, 0.29) is 18.3 Å². The third kappa shape index (κ3) is 3.76. The number of rotatable bonds is 5.